The van der Waals surface area contributed by atoms with Gasteiger partial charge in [0.1, 0.15) is 6.04 Å². The molecule has 5 heteroatoms. The van der Waals surface area contributed by atoms with Crippen LogP contribution in [0.4, 0.5) is 0 Å². The van der Waals surface area contributed by atoms with E-state index in [9.17, 15) is 9.90 Å². The van der Waals surface area contributed by atoms with Crippen LogP contribution in [0.15, 0.2) is 0 Å². The smallest absolute Gasteiger partial charge is 0.323 e. The molecule has 0 bridgehead atoms. The summed E-state index contributed by atoms with van der Waals surface area (Å²) in [6, 6.07) is -0.0840. The van der Waals surface area contributed by atoms with Crippen LogP contribution in [0.3, 0.4) is 0 Å². The van der Waals surface area contributed by atoms with Crippen LogP contribution in [0.5, 0.6) is 0 Å². The molecule has 2 aliphatic rings. The van der Waals surface area contributed by atoms with E-state index < -0.39 is 12.0 Å². The van der Waals surface area contributed by atoms with E-state index in [-0.39, 0.29) is 0 Å². The van der Waals surface area contributed by atoms with Gasteiger partial charge in [-0.05, 0) is 25.7 Å². The molecule has 1 heterocycles. The Balaban J connectivity index is 1.93. The van der Waals surface area contributed by atoms with Crippen LogP contribution in [0.1, 0.15) is 25.7 Å². The molecule has 1 aliphatic heterocycles. The maximum absolute atomic E-state index is 11.2. The Kier molecular flexibility index (Phi) is 4.36. The first-order chi connectivity index (χ1) is 8.22. The van der Waals surface area contributed by atoms with Crippen molar-refractivity contribution in [3.63, 3.8) is 0 Å². The molecule has 0 radical (unpaired) electrons. The fourth-order valence-corrected chi connectivity index (χ4v) is 2.88. The van der Waals surface area contributed by atoms with E-state index in [0.29, 0.717) is 25.4 Å². The molecule has 2 fully saturated rings. The average Bonchev–Trinajstić information content (AvgIpc) is 2.39. The summed E-state index contributed by atoms with van der Waals surface area (Å²) in [6.45, 7) is 1.70. The summed E-state index contributed by atoms with van der Waals surface area (Å²) in [5.74, 6) is -0.765. The largest absolute Gasteiger partial charge is 0.480 e. The maximum atomic E-state index is 11.2. The number of ether oxygens (including phenoxy) is 2. The van der Waals surface area contributed by atoms with Gasteiger partial charge in [0, 0.05) is 19.7 Å². The number of hydrogen-bond donors (Lipinski definition) is 1. The zero-order valence-corrected chi connectivity index (χ0v) is 10.3. The maximum Gasteiger partial charge on any atom is 0.323 e. The Morgan fingerprint density at radius 1 is 1.35 bits per heavy atom. The third kappa shape index (κ3) is 2.97. The minimum atomic E-state index is -0.765. The van der Waals surface area contributed by atoms with Crippen molar-refractivity contribution in [3.05, 3.63) is 0 Å². The molecule has 1 atom stereocenters. The molecule has 2 rings (SSSR count). The van der Waals surface area contributed by atoms with Crippen molar-refractivity contribution < 1.29 is 19.4 Å². The predicted molar refractivity (Wildman–Crippen MR) is 62.0 cm³/mol. The number of nitrogens with zero attached hydrogens (tertiary/aromatic N) is 1. The first kappa shape index (κ1) is 12.8. The number of aliphatic carboxylic acids is 1. The standard InChI is InChI=1S/C12H21NO4/c1-16-10-4-2-9(3-5-10)13-6-7-17-8-11(13)12(14)15/h9-11H,2-8H2,1H3,(H,14,15). The SMILES string of the molecule is COC1CCC(N2CCOCC2C(=O)O)CC1. The van der Waals surface area contributed by atoms with Crippen LogP contribution in [-0.2, 0) is 14.3 Å². The van der Waals surface area contributed by atoms with Crippen LogP contribution in [0.25, 0.3) is 0 Å². The quantitative estimate of drug-likeness (QED) is 0.792. The number of methoxy groups -OCH3 is 1. The summed E-state index contributed by atoms with van der Waals surface area (Å²) in [6.07, 6.45) is 4.48. The minimum absolute atomic E-state index is 0.319. The van der Waals surface area contributed by atoms with Crippen LogP contribution in [-0.4, -0.2) is 61.0 Å². The Labute approximate surface area is 102 Å². The highest BCUT2D eigenvalue weighted by atomic mass is 16.5. The first-order valence-corrected chi connectivity index (χ1v) is 6.31. The highest BCUT2D eigenvalue weighted by molar-refractivity contribution is 5.73. The second-order valence-corrected chi connectivity index (χ2v) is 4.83. The van der Waals surface area contributed by atoms with Gasteiger partial charge < -0.3 is 14.6 Å². The average molecular weight is 243 g/mol. The lowest BCUT2D eigenvalue weighted by molar-refractivity contribution is -0.152. The molecule has 1 N–H and O–H groups in total. The summed E-state index contributed by atoms with van der Waals surface area (Å²) in [5, 5.41) is 9.19. The molecule has 1 aliphatic carbocycles. The molecule has 0 aromatic rings. The van der Waals surface area contributed by atoms with E-state index in [1.165, 1.54) is 0 Å². The van der Waals surface area contributed by atoms with Crippen LogP contribution in [0, 0.1) is 0 Å². The summed E-state index contributed by atoms with van der Waals surface area (Å²) < 4.78 is 10.6. The Bertz CT molecular complexity index is 263. The monoisotopic (exact) mass is 243 g/mol. The van der Waals surface area contributed by atoms with Gasteiger partial charge in [-0.25, -0.2) is 0 Å². The van der Waals surface area contributed by atoms with E-state index in [4.69, 9.17) is 9.47 Å². The van der Waals surface area contributed by atoms with Gasteiger partial charge in [0.05, 0.1) is 19.3 Å². The second kappa shape index (κ2) is 5.80. The topological polar surface area (TPSA) is 59.0 Å². The Morgan fingerprint density at radius 2 is 2.06 bits per heavy atom. The molecule has 0 aromatic heterocycles. The summed E-state index contributed by atoms with van der Waals surface area (Å²) >= 11 is 0. The number of rotatable bonds is 3. The van der Waals surface area contributed by atoms with E-state index in [1.54, 1.807) is 7.11 Å². The van der Waals surface area contributed by atoms with Crippen LogP contribution >= 0.6 is 0 Å². The van der Waals surface area contributed by atoms with Gasteiger partial charge in [-0.3, -0.25) is 9.69 Å². The molecule has 0 amide bonds. The molecule has 1 saturated heterocycles. The molecule has 1 saturated carbocycles. The van der Waals surface area contributed by atoms with E-state index in [1.807, 2.05) is 0 Å². The zero-order valence-electron chi connectivity index (χ0n) is 10.3. The second-order valence-electron chi connectivity index (χ2n) is 4.83. The van der Waals surface area contributed by atoms with E-state index in [2.05, 4.69) is 4.90 Å². The molecule has 1 unspecified atom stereocenters. The van der Waals surface area contributed by atoms with Crippen molar-refractivity contribution in [2.75, 3.05) is 26.9 Å². The van der Waals surface area contributed by atoms with Crippen molar-refractivity contribution in [3.8, 4) is 0 Å². The highest BCUT2D eigenvalue weighted by Crippen LogP contribution is 2.27. The molecule has 98 valence electrons. The highest BCUT2D eigenvalue weighted by Gasteiger charge is 2.35. The Morgan fingerprint density at radius 3 is 2.65 bits per heavy atom. The third-order valence-corrected chi connectivity index (χ3v) is 3.90. The lowest BCUT2D eigenvalue weighted by atomic mass is 9.90. The summed E-state index contributed by atoms with van der Waals surface area (Å²) in [7, 11) is 1.75. The molecular weight excluding hydrogens is 222 g/mol. The fraction of sp³-hybridized carbons (Fsp3) is 0.917. The number of hydrogen-bond acceptors (Lipinski definition) is 4. The number of carbonyl (C=O) groups is 1. The van der Waals surface area contributed by atoms with Crippen molar-refractivity contribution >= 4 is 5.97 Å². The molecule has 0 spiro atoms. The lowest BCUT2D eigenvalue weighted by Crippen LogP contribution is -2.55. The number of carboxylic acid groups (broad SMARTS) is 1. The fourth-order valence-electron chi connectivity index (χ4n) is 2.88. The van der Waals surface area contributed by atoms with Crippen LogP contribution < -0.4 is 0 Å². The zero-order chi connectivity index (χ0) is 12.3. The Hall–Kier alpha value is -0.650. The van der Waals surface area contributed by atoms with Crippen molar-refractivity contribution in [2.24, 2.45) is 0 Å². The van der Waals surface area contributed by atoms with E-state index >= 15 is 0 Å². The molecular formula is C12H21NO4. The van der Waals surface area contributed by atoms with Gasteiger partial charge in [0.2, 0.25) is 0 Å². The van der Waals surface area contributed by atoms with Crippen molar-refractivity contribution in [2.45, 2.75) is 43.9 Å². The van der Waals surface area contributed by atoms with Crippen LogP contribution in [0.2, 0.25) is 0 Å². The lowest BCUT2D eigenvalue weighted by Gasteiger charge is -2.41. The van der Waals surface area contributed by atoms with E-state index in [0.717, 1.165) is 32.2 Å². The number of morpholine rings is 1. The van der Waals surface area contributed by atoms with Gasteiger partial charge in [-0.1, -0.05) is 0 Å². The van der Waals surface area contributed by atoms with Gasteiger partial charge in [0.25, 0.3) is 0 Å². The van der Waals surface area contributed by atoms with Crippen molar-refractivity contribution in [1.82, 2.24) is 4.90 Å². The molecule has 5 nitrogen and oxygen atoms in total. The van der Waals surface area contributed by atoms with Gasteiger partial charge >= 0.3 is 5.97 Å². The minimum Gasteiger partial charge on any atom is -0.480 e. The molecule has 17 heavy (non-hydrogen) atoms. The van der Waals surface area contributed by atoms with Gasteiger partial charge in [0.15, 0.2) is 0 Å². The number of carboxylic acids is 1. The summed E-state index contributed by atoms with van der Waals surface area (Å²) in [4.78, 5) is 13.3. The van der Waals surface area contributed by atoms with Gasteiger partial charge in [-0.2, -0.15) is 0 Å². The predicted octanol–water partition coefficient (Wildman–Crippen LogP) is 0.729. The normalized spacial score (nSPS) is 35.7. The first-order valence-electron chi connectivity index (χ1n) is 6.31. The van der Waals surface area contributed by atoms with Crippen molar-refractivity contribution in [1.29, 1.82) is 0 Å². The molecule has 0 aromatic carbocycles. The third-order valence-electron chi connectivity index (χ3n) is 3.90. The van der Waals surface area contributed by atoms with Gasteiger partial charge in [-0.15, -0.1) is 0 Å². The summed E-state index contributed by atoms with van der Waals surface area (Å²) in [5.41, 5.74) is 0.